The van der Waals surface area contributed by atoms with Gasteiger partial charge < -0.3 is 0 Å². The predicted molar refractivity (Wildman–Crippen MR) is 100 cm³/mol. The highest BCUT2D eigenvalue weighted by atomic mass is 32.2. The van der Waals surface area contributed by atoms with E-state index in [1.807, 2.05) is 34.6 Å². The summed E-state index contributed by atoms with van der Waals surface area (Å²) in [4.78, 5) is 0. The SMILES string of the molecule is C[Si](C)(C)c1nnn(-c2ccccc2)c1SCc1ccccc1. The first-order chi connectivity index (χ1) is 11.1. The summed E-state index contributed by atoms with van der Waals surface area (Å²) in [5.41, 5.74) is 2.39. The average Bonchev–Trinajstić information content (AvgIpc) is 2.99. The molecule has 0 fully saturated rings. The molecule has 23 heavy (non-hydrogen) atoms. The fraction of sp³-hybridized carbons (Fsp3) is 0.222. The maximum absolute atomic E-state index is 4.53. The Morgan fingerprint density at radius 1 is 0.913 bits per heavy atom. The zero-order valence-electron chi connectivity index (χ0n) is 13.7. The molecule has 0 aliphatic carbocycles. The third-order valence-corrected chi connectivity index (χ3v) is 6.61. The summed E-state index contributed by atoms with van der Waals surface area (Å²) in [5.74, 6) is 0.929. The molecule has 3 aromatic rings. The Balaban J connectivity index is 1.97. The number of hydrogen-bond acceptors (Lipinski definition) is 3. The van der Waals surface area contributed by atoms with E-state index in [4.69, 9.17) is 0 Å². The number of thioether (sulfide) groups is 1. The number of rotatable bonds is 5. The number of benzene rings is 2. The minimum absolute atomic E-state index is 0.929. The second-order valence-electron chi connectivity index (χ2n) is 6.51. The van der Waals surface area contributed by atoms with E-state index < -0.39 is 8.07 Å². The zero-order valence-corrected chi connectivity index (χ0v) is 15.5. The van der Waals surface area contributed by atoms with E-state index in [2.05, 4.69) is 72.4 Å². The summed E-state index contributed by atoms with van der Waals surface area (Å²) in [6.45, 7) is 6.96. The number of hydrogen-bond donors (Lipinski definition) is 0. The van der Waals surface area contributed by atoms with Crippen molar-refractivity contribution in [1.29, 1.82) is 0 Å². The van der Waals surface area contributed by atoms with E-state index >= 15 is 0 Å². The van der Waals surface area contributed by atoms with Crippen LogP contribution >= 0.6 is 11.8 Å². The summed E-state index contributed by atoms with van der Waals surface area (Å²) in [6.07, 6.45) is 0. The molecule has 0 aliphatic heterocycles. The molecule has 1 aromatic heterocycles. The van der Waals surface area contributed by atoms with Gasteiger partial charge in [0.05, 0.1) is 11.0 Å². The maximum atomic E-state index is 4.53. The Labute approximate surface area is 142 Å². The van der Waals surface area contributed by atoms with E-state index in [-0.39, 0.29) is 0 Å². The molecule has 0 saturated heterocycles. The first kappa shape index (κ1) is 16.0. The Morgan fingerprint density at radius 2 is 1.52 bits per heavy atom. The van der Waals surface area contributed by atoms with Gasteiger partial charge in [0.25, 0.3) is 0 Å². The van der Waals surface area contributed by atoms with Crippen LogP contribution in [0.4, 0.5) is 0 Å². The van der Waals surface area contributed by atoms with Crippen molar-refractivity contribution in [2.24, 2.45) is 0 Å². The molecule has 0 saturated carbocycles. The van der Waals surface area contributed by atoms with Crippen LogP contribution < -0.4 is 5.32 Å². The summed E-state index contributed by atoms with van der Waals surface area (Å²) < 4.78 is 1.99. The van der Waals surface area contributed by atoms with Crippen LogP contribution in [0, 0.1) is 0 Å². The molecule has 118 valence electrons. The Morgan fingerprint density at radius 3 is 2.13 bits per heavy atom. The maximum Gasteiger partial charge on any atom is 0.119 e. The van der Waals surface area contributed by atoms with Gasteiger partial charge in [0.15, 0.2) is 0 Å². The van der Waals surface area contributed by atoms with Gasteiger partial charge in [0, 0.05) is 5.75 Å². The summed E-state index contributed by atoms with van der Waals surface area (Å²) in [6, 6.07) is 20.8. The van der Waals surface area contributed by atoms with Crippen molar-refractivity contribution in [2.45, 2.75) is 30.4 Å². The molecule has 3 rings (SSSR count). The van der Waals surface area contributed by atoms with Gasteiger partial charge in [-0.2, -0.15) is 0 Å². The lowest BCUT2D eigenvalue weighted by Crippen LogP contribution is -2.40. The molecule has 0 amide bonds. The van der Waals surface area contributed by atoms with Crippen molar-refractivity contribution in [3.05, 3.63) is 66.2 Å². The zero-order chi connectivity index (χ0) is 16.3. The smallest absolute Gasteiger partial charge is 0.119 e. The van der Waals surface area contributed by atoms with Crippen molar-refractivity contribution in [3.8, 4) is 5.69 Å². The third kappa shape index (κ3) is 3.73. The van der Waals surface area contributed by atoms with E-state index in [9.17, 15) is 0 Å². The Bertz CT molecular complexity index is 764. The largest absolute Gasteiger partial charge is 0.207 e. The lowest BCUT2D eigenvalue weighted by molar-refractivity contribution is 0.756. The van der Waals surface area contributed by atoms with Gasteiger partial charge in [0.1, 0.15) is 13.1 Å². The summed E-state index contributed by atoms with van der Waals surface area (Å²) in [5, 5.41) is 11.3. The van der Waals surface area contributed by atoms with Gasteiger partial charge >= 0.3 is 0 Å². The Kier molecular flexibility index (Phi) is 4.68. The van der Waals surface area contributed by atoms with E-state index in [0.717, 1.165) is 11.4 Å². The second-order valence-corrected chi connectivity index (χ2v) is 12.5. The fourth-order valence-corrected chi connectivity index (χ4v) is 5.50. The molecule has 2 aromatic carbocycles. The molecule has 0 radical (unpaired) electrons. The monoisotopic (exact) mass is 339 g/mol. The summed E-state index contributed by atoms with van der Waals surface area (Å²) >= 11 is 1.83. The first-order valence-corrected chi connectivity index (χ1v) is 12.2. The van der Waals surface area contributed by atoms with Crippen LogP contribution in [0.5, 0.6) is 0 Å². The quantitative estimate of drug-likeness (QED) is 0.518. The van der Waals surface area contributed by atoms with Crippen LogP contribution in [0.25, 0.3) is 5.69 Å². The molecule has 1 heterocycles. The van der Waals surface area contributed by atoms with Crippen molar-refractivity contribution >= 4 is 25.2 Å². The minimum Gasteiger partial charge on any atom is -0.207 e. The molecule has 0 bridgehead atoms. The molecule has 0 spiro atoms. The number of aromatic nitrogens is 3. The van der Waals surface area contributed by atoms with Crippen molar-refractivity contribution in [3.63, 3.8) is 0 Å². The number of nitrogens with zero attached hydrogens (tertiary/aromatic N) is 3. The average molecular weight is 340 g/mol. The lowest BCUT2D eigenvalue weighted by atomic mass is 10.2. The first-order valence-electron chi connectivity index (χ1n) is 7.74. The fourth-order valence-electron chi connectivity index (χ4n) is 2.34. The molecule has 5 heteroatoms. The van der Waals surface area contributed by atoms with E-state index in [1.54, 1.807) is 0 Å². The van der Waals surface area contributed by atoms with Gasteiger partial charge in [-0.3, -0.25) is 0 Å². The molecule has 0 N–H and O–H groups in total. The van der Waals surface area contributed by atoms with E-state index in [1.165, 1.54) is 15.9 Å². The van der Waals surface area contributed by atoms with Crippen molar-refractivity contribution in [1.82, 2.24) is 15.0 Å². The second kappa shape index (κ2) is 6.72. The van der Waals surface area contributed by atoms with Crippen molar-refractivity contribution < 1.29 is 0 Å². The topological polar surface area (TPSA) is 30.7 Å². The number of para-hydroxylation sites is 1. The van der Waals surface area contributed by atoms with Gasteiger partial charge in [-0.25, -0.2) is 4.68 Å². The van der Waals surface area contributed by atoms with Gasteiger partial charge in [-0.1, -0.05) is 73.4 Å². The van der Waals surface area contributed by atoms with Crippen LogP contribution in [-0.2, 0) is 5.75 Å². The minimum atomic E-state index is -1.54. The molecule has 3 nitrogen and oxygen atoms in total. The van der Waals surface area contributed by atoms with E-state index in [0.29, 0.717) is 0 Å². The van der Waals surface area contributed by atoms with Crippen LogP contribution in [-0.4, -0.2) is 23.1 Å². The van der Waals surface area contributed by atoms with Crippen LogP contribution in [0.2, 0.25) is 19.6 Å². The lowest BCUT2D eigenvalue weighted by Gasteiger charge is -2.15. The van der Waals surface area contributed by atoms with Crippen LogP contribution in [0.1, 0.15) is 5.56 Å². The van der Waals surface area contributed by atoms with Gasteiger partial charge in [-0.15, -0.1) is 16.9 Å². The third-order valence-electron chi connectivity index (χ3n) is 3.56. The van der Waals surface area contributed by atoms with Crippen LogP contribution in [0.3, 0.4) is 0 Å². The predicted octanol–water partition coefficient (Wildman–Crippen LogP) is 4.10. The highest BCUT2D eigenvalue weighted by Gasteiger charge is 2.27. The van der Waals surface area contributed by atoms with Gasteiger partial charge in [0.2, 0.25) is 0 Å². The van der Waals surface area contributed by atoms with Crippen molar-refractivity contribution in [2.75, 3.05) is 0 Å². The normalized spacial score (nSPS) is 11.6. The highest BCUT2D eigenvalue weighted by molar-refractivity contribution is 7.98. The Hall–Kier alpha value is -1.85. The standard InChI is InChI=1S/C18H21N3SSi/c1-23(2,3)17-18(22-14-15-10-6-4-7-11-15)21(20-19-17)16-12-8-5-9-13-16/h4-13H,14H2,1-3H3. The highest BCUT2D eigenvalue weighted by Crippen LogP contribution is 2.25. The molecule has 0 aliphatic rings. The molecule has 0 atom stereocenters. The van der Waals surface area contributed by atoms with Gasteiger partial charge in [-0.05, 0) is 17.7 Å². The molecular weight excluding hydrogens is 318 g/mol. The summed E-state index contributed by atoms with van der Waals surface area (Å²) in [7, 11) is -1.54. The molecule has 0 unspecified atom stereocenters. The molecular formula is C18H21N3SSi. The van der Waals surface area contributed by atoms with Crippen LogP contribution in [0.15, 0.2) is 65.7 Å².